The molecule has 1 heterocycles. The molecule has 29 heavy (non-hydrogen) atoms. The third-order valence-electron chi connectivity index (χ3n) is 4.63. The van der Waals surface area contributed by atoms with Crippen molar-refractivity contribution < 1.29 is 9.53 Å². The van der Waals surface area contributed by atoms with Crippen LogP contribution in [-0.2, 0) is 4.79 Å². The lowest BCUT2D eigenvalue weighted by Gasteiger charge is -2.21. The number of hydrogen-bond donors (Lipinski definition) is 0. The molecule has 0 unspecified atom stereocenters. The van der Waals surface area contributed by atoms with Gasteiger partial charge in [-0.15, -0.1) is 0 Å². The molecule has 1 amide bonds. The fourth-order valence-corrected chi connectivity index (χ4v) is 3.84. The smallest absolute Gasteiger partial charge is 0.262 e. The minimum absolute atomic E-state index is 0.0280. The van der Waals surface area contributed by atoms with E-state index in [0.29, 0.717) is 12.2 Å². The molecule has 3 aromatic carbocycles. The predicted molar refractivity (Wildman–Crippen MR) is 127 cm³/mol. The Morgan fingerprint density at radius 1 is 0.966 bits per heavy atom. The summed E-state index contributed by atoms with van der Waals surface area (Å²) in [4.78, 5) is 15.1. The van der Waals surface area contributed by atoms with Crippen molar-refractivity contribution in [1.29, 1.82) is 0 Å². The molecule has 0 aliphatic carbocycles. The zero-order valence-electron chi connectivity index (χ0n) is 16.0. The number of rotatable bonds is 5. The molecule has 144 valence electrons. The molecule has 0 saturated heterocycles. The molecule has 3 aromatic rings. The Kier molecular flexibility index (Phi) is 5.81. The summed E-state index contributed by atoms with van der Waals surface area (Å²) < 4.78 is 6.59. The van der Waals surface area contributed by atoms with Crippen LogP contribution in [0.5, 0.6) is 5.75 Å². The van der Waals surface area contributed by atoms with Crippen molar-refractivity contribution in [2.45, 2.75) is 6.92 Å². The highest BCUT2D eigenvalue weighted by molar-refractivity contribution is 14.1. The van der Waals surface area contributed by atoms with Gasteiger partial charge in [0.05, 0.1) is 18.0 Å². The van der Waals surface area contributed by atoms with Gasteiger partial charge in [0.2, 0.25) is 0 Å². The Morgan fingerprint density at radius 3 is 2.41 bits per heavy atom. The topological polar surface area (TPSA) is 29.5 Å². The molecule has 0 atom stereocenters. The number of hydrogen-bond acceptors (Lipinski definition) is 2. The Bertz CT molecular complexity index is 1090. The van der Waals surface area contributed by atoms with Crippen LogP contribution in [0.3, 0.4) is 0 Å². The van der Waals surface area contributed by atoms with E-state index in [1.54, 1.807) is 4.90 Å². The van der Waals surface area contributed by atoms with E-state index in [4.69, 9.17) is 4.74 Å². The maximum Gasteiger partial charge on any atom is 0.262 e. The number of benzene rings is 3. The fourth-order valence-electron chi connectivity index (χ4n) is 3.31. The van der Waals surface area contributed by atoms with Gasteiger partial charge in [0.25, 0.3) is 5.91 Å². The van der Waals surface area contributed by atoms with Crippen molar-refractivity contribution in [3.05, 3.63) is 105 Å². The summed E-state index contributed by atoms with van der Waals surface area (Å²) in [7, 11) is 0. The van der Waals surface area contributed by atoms with Gasteiger partial charge in [-0.3, -0.25) is 9.69 Å². The molecule has 4 heteroatoms. The van der Waals surface area contributed by atoms with Crippen LogP contribution < -0.4 is 9.64 Å². The molecule has 4 rings (SSSR count). The molecule has 1 aliphatic rings. The Morgan fingerprint density at radius 2 is 1.72 bits per heavy atom. The molecule has 0 fully saturated rings. The van der Waals surface area contributed by atoms with Crippen LogP contribution in [-0.4, -0.2) is 12.5 Å². The van der Waals surface area contributed by atoms with E-state index in [0.717, 1.165) is 31.8 Å². The number of amides is 1. The lowest BCUT2D eigenvalue weighted by Crippen LogP contribution is -2.25. The number of halogens is 1. The highest BCUT2D eigenvalue weighted by Gasteiger charge is 2.30. The molecular formula is C25H20INO2. The van der Waals surface area contributed by atoms with Gasteiger partial charge in [0.1, 0.15) is 5.75 Å². The van der Waals surface area contributed by atoms with E-state index in [1.807, 2.05) is 97.9 Å². The summed E-state index contributed by atoms with van der Waals surface area (Å²) in [6.45, 7) is 2.59. The molecular weight excluding hydrogens is 473 g/mol. The summed E-state index contributed by atoms with van der Waals surface area (Å²) in [5.74, 6) is 0.799. The second-order valence-corrected chi connectivity index (χ2v) is 7.86. The van der Waals surface area contributed by atoms with Crippen LogP contribution >= 0.6 is 22.6 Å². The van der Waals surface area contributed by atoms with E-state index < -0.39 is 0 Å². The monoisotopic (exact) mass is 493 g/mol. The van der Waals surface area contributed by atoms with Crippen molar-refractivity contribution in [2.75, 3.05) is 11.5 Å². The van der Waals surface area contributed by atoms with Gasteiger partial charge < -0.3 is 4.74 Å². The molecule has 1 aliphatic heterocycles. The second-order valence-electron chi connectivity index (χ2n) is 6.62. The van der Waals surface area contributed by atoms with Crippen molar-refractivity contribution >= 4 is 46.0 Å². The van der Waals surface area contributed by atoms with Gasteiger partial charge in [-0.2, -0.15) is 0 Å². The summed E-state index contributed by atoms with van der Waals surface area (Å²) in [6, 6.07) is 25.8. The highest BCUT2D eigenvalue weighted by Crippen LogP contribution is 2.35. The molecule has 0 aromatic heterocycles. The number of nitrogens with zero attached hydrogens (tertiary/aromatic N) is 1. The van der Waals surface area contributed by atoms with Crippen LogP contribution in [0.15, 0.2) is 90.5 Å². The number of carbonyl (C=O) groups excluding carboxylic acids is 1. The van der Waals surface area contributed by atoms with Gasteiger partial charge >= 0.3 is 0 Å². The normalized spacial score (nSPS) is 15.0. The van der Waals surface area contributed by atoms with E-state index >= 15 is 0 Å². The predicted octanol–water partition coefficient (Wildman–Crippen LogP) is 6.16. The fraction of sp³-hybridized carbons (Fsp3) is 0.0800. The van der Waals surface area contributed by atoms with Crippen LogP contribution in [0.1, 0.15) is 18.1 Å². The first-order valence-corrected chi connectivity index (χ1v) is 10.6. The van der Waals surface area contributed by atoms with Crippen molar-refractivity contribution in [3.8, 4) is 5.75 Å². The molecule has 0 bridgehead atoms. The summed E-state index contributed by atoms with van der Waals surface area (Å²) in [5.41, 5.74) is 4.38. The van der Waals surface area contributed by atoms with E-state index in [9.17, 15) is 4.79 Å². The minimum Gasteiger partial charge on any atom is -0.494 e. The standard InChI is InChI=1S/C25H20INO2/c1-2-29-23-13-11-18(12-14-23)15-20-16-24(19-7-4-3-5-8-19)27(25(20)28)22-10-6-9-21(26)17-22/h3-17H,2H2,1H3/b20-15+. The largest absolute Gasteiger partial charge is 0.494 e. The quantitative estimate of drug-likeness (QED) is 0.315. The number of ether oxygens (including phenoxy) is 1. The third-order valence-corrected chi connectivity index (χ3v) is 5.30. The van der Waals surface area contributed by atoms with Crippen molar-refractivity contribution in [1.82, 2.24) is 0 Å². The van der Waals surface area contributed by atoms with Crippen LogP contribution in [0, 0.1) is 3.57 Å². The van der Waals surface area contributed by atoms with Gasteiger partial charge in [-0.25, -0.2) is 0 Å². The van der Waals surface area contributed by atoms with E-state index in [-0.39, 0.29) is 5.91 Å². The van der Waals surface area contributed by atoms with Crippen LogP contribution in [0.2, 0.25) is 0 Å². The van der Waals surface area contributed by atoms with E-state index in [1.165, 1.54) is 0 Å². The highest BCUT2D eigenvalue weighted by atomic mass is 127. The second kappa shape index (κ2) is 8.66. The zero-order valence-corrected chi connectivity index (χ0v) is 18.2. The minimum atomic E-state index is -0.0280. The maximum atomic E-state index is 13.4. The summed E-state index contributed by atoms with van der Waals surface area (Å²) >= 11 is 2.27. The van der Waals surface area contributed by atoms with Crippen LogP contribution in [0.25, 0.3) is 11.8 Å². The van der Waals surface area contributed by atoms with Gasteiger partial charge in [0.15, 0.2) is 0 Å². The van der Waals surface area contributed by atoms with Crippen molar-refractivity contribution in [3.63, 3.8) is 0 Å². The average Bonchev–Trinajstić information content (AvgIpc) is 3.06. The first-order chi connectivity index (χ1) is 14.2. The summed E-state index contributed by atoms with van der Waals surface area (Å²) in [6.07, 6.45) is 3.89. The lowest BCUT2D eigenvalue weighted by molar-refractivity contribution is -0.113. The van der Waals surface area contributed by atoms with Crippen molar-refractivity contribution in [2.24, 2.45) is 0 Å². The maximum absolute atomic E-state index is 13.4. The first-order valence-electron chi connectivity index (χ1n) is 9.47. The zero-order chi connectivity index (χ0) is 20.2. The lowest BCUT2D eigenvalue weighted by atomic mass is 10.1. The molecule has 0 spiro atoms. The molecule has 0 radical (unpaired) electrons. The van der Waals surface area contributed by atoms with E-state index in [2.05, 4.69) is 22.6 Å². The SMILES string of the molecule is CCOc1ccc(/C=C2\C=C(c3ccccc3)N(c3cccc(I)c3)C2=O)cc1. The van der Waals surface area contributed by atoms with Crippen LogP contribution in [0.4, 0.5) is 5.69 Å². The first kappa shape index (κ1) is 19.5. The number of carbonyl (C=O) groups is 1. The third kappa shape index (κ3) is 4.27. The Labute approximate surface area is 184 Å². The van der Waals surface area contributed by atoms with Gasteiger partial charge in [-0.05, 0) is 83.1 Å². The Balaban J connectivity index is 1.75. The number of anilines is 1. The molecule has 0 N–H and O–H groups in total. The van der Waals surface area contributed by atoms with Gasteiger partial charge in [-0.1, -0.05) is 48.5 Å². The Hall–Kier alpha value is -2.86. The van der Waals surface area contributed by atoms with Gasteiger partial charge in [0, 0.05) is 9.14 Å². The average molecular weight is 493 g/mol. The molecule has 0 saturated carbocycles. The summed E-state index contributed by atoms with van der Waals surface area (Å²) in [5, 5.41) is 0. The molecule has 3 nitrogen and oxygen atoms in total.